The standard InChI is InChI=1S/C15H27NO/c1-14(2)9-13(15(3,4)17-14)16-12-8-10-5-6-11(12)7-10/h10-13,16H,5-9H2,1-4H3. The van der Waals surface area contributed by atoms with Gasteiger partial charge in [0.1, 0.15) is 0 Å². The van der Waals surface area contributed by atoms with Crippen molar-refractivity contribution in [2.24, 2.45) is 11.8 Å². The molecule has 1 heterocycles. The van der Waals surface area contributed by atoms with E-state index in [-0.39, 0.29) is 11.2 Å². The minimum absolute atomic E-state index is 0.00860. The highest BCUT2D eigenvalue weighted by molar-refractivity contribution is 5.03. The van der Waals surface area contributed by atoms with Gasteiger partial charge in [0, 0.05) is 12.1 Å². The van der Waals surface area contributed by atoms with E-state index in [1.165, 1.54) is 25.7 Å². The molecule has 4 unspecified atom stereocenters. The van der Waals surface area contributed by atoms with E-state index in [0.717, 1.165) is 24.3 Å². The summed E-state index contributed by atoms with van der Waals surface area (Å²) in [5, 5.41) is 3.93. The van der Waals surface area contributed by atoms with Crippen LogP contribution in [0.4, 0.5) is 0 Å². The lowest BCUT2D eigenvalue weighted by molar-refractivity contribution is -0.0708. The molecule has 3 rings (SSSR count). The minimum Gasteiger partial charge on any atom is -0.368 e. The summed E-state index contributed by atoms with van der Waals surface area (Å²) in [7, 11) is 0. The molecule has 2 saturated carbocycles. The van der Waals surface area contributed by atoms with E-state index in [4.69, 9.17) is 4.74 Å². The Bertz CT molecular complexity index is 310. The van der Waals surface area contributed by atoms with Gasteiger partial charge in [0.15, 0.2) is 0 Å². The molecule has 0 amide bonds. The zero-order valence-corrected chi connectivity index (χ0v) is 11.8. The Hall–Kier alpha value is -0.0800. The second-order valence-electron chi connectivity index (χ2n) is 7.67. The second kappa shape index (κ2) is 3.71. The highest BCUT2D eigenvalue weighted by Gasteiger charge is 2.48. The smallest absolute Gasteiger partial charge is 0.0787 e. The van der Waals surface area contributed by atoms with E-state index in [0.29, 0.717) is 6.04 Å². The number of nitrogens with one attached hydrogen (secondary N) is 1. The molecule has 98 valence electrons. The molecule has 1 N–H and O–H groups in total. The van der Waals surface area contributed by atoms with Crippen molar-refractivity contribution < 1.29 is 4.74 Å². The summed E-state index contributed by atoms with van der Waals surface area (Å²) in [4.78, 5) is 0. The van der Waals surface area contributed by atoms with Gasteiger partial charge in [-0.2, -0.15) is 0 Å². The van der Waals surface area contributed by atoms with Crippen molar-refractivity contribution in [3.05, 3.63) is 0 Å². The summed E-state index contributed by atoms with van der Waals surface area (Å²) in [6, 6.07) is 1.30. The van der Waals surface area contributed by atoms with Crippen molar-refractivity contribution in [3.8, 4) is 0 Å². The summed E-state index contributed by atoms with van der Waals surface area (Å²) in [6.45, 7) is 8.92. The van der Waals surface area contributed by atoms with Gasteiger partial charge in [-0.15, -0.1) is 0 Å². The van der Waals surface area contributed by atoms with Crippen LogP contribution in [-0.2, 0) is 4.74 Å². The largest absolute Gasteiger partial charge is 0.368 e. The molecule has 0 aromatic carbocycles. The summed E-state index contributed by atoms with van der Waals surface area (Å²) in [5.74, 6) is 1.98. The number of ether oxygens (including phenoxy) is 1. The topological polar surface area (TPSA) is 21.3 Å². The average Bonchev–Trinajstić information content (AvgIpc) is 2.79. The van der Waals surface area contributed by atoms with Crippen LogP contribution in [0, 0.1) is 11.8 Å². The molecule has 2 aliphatic carbocycles. The molecule has 3 fully saturated rings. The Labute approximate surface area is 105 Å². The molecule has 0 aromatic rings. The van der Waals surface area contributed by atoms with Gasteiger partial charge in [-0.05, 0) is 65.2 Å². The van der Waals surface area contributed by atoms with E-state index in [1.807, 2.05) is 0 Å². The highest BCUT2D eigenvalue weighted by atomic mass is 16.5. The van der Waals surface area contributed by atoms with Crippen LogP contribution < -0.4 is 5.32 Å². The first-order valence-electron chi connectivity index (χ1n) is 7.32. The van der Waals surface area contributed by atoms with Crippen LogP contribution in [0.2, 0.25) is 0 Å². The van der Waals surface area contributed by atoms with Crippen molar-refractivity contribution in [3.63, 3.8) is 0 Å². The summed E-state index contributed by atoms with van der Waals surface area (Å²) >= 11 is 0. The van der Waals surface area contributed by atoms with Gasteiger partial charge in [-0.3, -0.25) is 0 Å². The molecule has 2 bridgehead atoms. The zero-order valence-electron chi connectivity index (χ0n) is 11.8. The number of hydrogen-bond acceptors (Lipinski definition) is 2. The van der Waals surface area contributed by atoms with E-state index < -0.39 is 0 Å². The van der Waals surface area contributed by atoms with Crippen molar-refractivity contribution in [1.29, 1.82) is 0 Å². The first-order valence-corrected chi connectivity index (χ1v) is 7.32. The third-order valence-corrected chi connectivity index (χ3v) is 5.23. The molecule has 0 aromatic heterocycles. The fourth-order valence-corrected chi connectivity index (χ4v) is 4.53. The Morgan fingerprint density at radius 3 is 2.29 bits per heavy atom. The van der Waals surface area contributed by atoms with Gasteiger partial charge in [-0.25, -0.2) is 0 Å². The van der Waals surface area contributed by atoms with E-state index in [1.54, 1.807) is 0 Å². The molecule has 2 nitrogen and oxygen atoms in total. The van der Waals surface area contributed by atoms with Crippen LogP contribution in [-0.4, -0.2) is 23.3 Å². The lowest BCUT2D eigenvalue weighted by Gasteiger charge is -2.33. The second-order valence-corrected chi connectivity index (χ2v) is 7.67. The average molecular weight is 237 g/mol. The van der Waals surface area contributed by atoms with E-state index in [2.05, 4.69) is 33.0 Å². The molecule has 17 heavy (non-hydrogen) atoms. The molecule has 0 spiro atoms. The Morgan fingerprint density at radius 2 is 1.82 bits per heavy atom. The lowest BCUT2D eigenvalue weighted by atomic mass is 9.90. The molecular formula is C15H27NO. The minimum atomic E-state index is -0.00860. The van der Waals surface area contributed by atoms with Crippen LogP contribution in [0.25, 0.3) is 0 Å². The van der Waals surface area contributed by atoms with Crippen molar-refractivity contribution in [1.82, 2.24) is 5.32 Å². The maximum Gasteiger partial charge on any atom is 0.0787 e. The van der Waals surface area contributed by atoms with Crippen LogP contribution in [0.3, 0.4) is 0 Å². The fraction of sp³-hybridized carbons (Fsp3) is 1.00. The van der Waals surface area contributed by atoms with E-state index in [9.17, 15) is 0 Å². The molecule has 1 aliphatic heterocycles. The number of fused-ring (bicyclic) bond motifs is 2. The third-order valence-electron chi connectivity index (χ3n) is 5.23. The van der Waals surface area contributed by atoms with Crippen LogP contribution in [0.1, 0.15) is 59.8 Å². The van der Waals surface area contributed by atoms with Crippen molar-refractivity contribution in [2.45, 2.75) is 83.1 Å². The Morgan fingerprint density at radius 1 is 1.06 bits per heavy atom. The highest BCUT2D eigenvalue weighted by Crippen LogP contribution is 2.46. The third kappa shape index (κ3) is 2.15. The monoisotopic (exact) mass is 237 g/mol. The summed E-state index contributed by atoms with van der Waals surface area (Å²) in [5.41, 5.74) is 0.0319. The van der Waals surface area contributed by atoms with Crippen LogP contribution in [0.5, 0.6) is 0 Å². The van der Waals surface area contributed by atoms with Gasteiger partial charge in [-0.1, -0.05) is 6.42 Å². The molecule has 1 saturated heterocycles. The molecule has 4 atom stereocenters. The normalized spacial score (nSPS) is 46.6. The van der Waals surface area contributed by atoms with E-state index >= 15 is 0 Å². The first kappa shape index (κ1) is 12.0. The van der Waals surface area contributed by atoms with Crippen LogP contribution >= 0.6 is 0 Å². The Balaban J connectivity index is 1.65. The SMILES string of the molecule is CC1(C)CC(NC2CC3CCC2C3)C(C)(C)O1. The predicted molar refractivity (Wildman–Crippen MR) is 70.0 cm³/mol. The van der Waals surface area contributed by atoms with Crippen molar-refractivity contribution in [2.75, 3.05) is 0 Å². The quantitative estimate of drug-likeness (QED) is 0.797. The van der Waals surface area contributed by atoms with Gasteiger partial charge >= 0.3 is 0 Å². The van der Waals surface area contributed by atoms with Gasteiger partial charge in [0.05, 0.1) is 11.2 Å². The Kier molecular flexibility index (Phi) is 2.61. The van der Waals surface area contributed by atoms with Crippen LogP contribution in [0.15, 0.2) is 0 Å². The molecule has 3 aliphatic rings. The molecular weight excluding hydrogens is 210 g/mol. The number of rotatable bonds is 2. The maximum absolute atomic E-state index is 6.18. The summed E-state index contributed by atoms with van der Waals surface area (Å²) in [6.07, 6.45) is 6.99. The van der Waals surface area contributed by atoms with Crippen molar-refractivity contribution >= 4 is 0 Å². The van der Waals surface area contributed by atoms with Gasteiger partial charge in [0.2, 0.25) is 0 Å². The summed E-state index contributed by atoms with van der Waals surface area (Å²) < 4.78 is 6.18. The molecule has 0 radical (unpaired) electrons. The molecule has 2 heteroatoms. The van der Waals surface area contributed by atoms with Gasteiger partial charge in [0.25, 0.3) is 0 Å². The lowest BCUT2D eigenvalue weighted by Crippen LogP contribution is -2.49. The number of hydrogen-bond donors (Lipinski definition) is 1. The fourth-order valence-electron chi connectivity index (χ4n) is 4.53. The van der Waals surface area contributed by atoms with Gasteiger partial charge < -0.3 is 10.1 Å². The maximum atomic E-state index is 6.18. The zero-order chi connectivity index (χ0) is 12.3. The first-order chi connectivity index (χ1) is 7.86. The predicted octanol–water partition coefficient (Wildman–Crippen LogP) is 3.11.